The van der Waals surface area contributed by atoms with E-state index < -0.39 is 10.2 Å². The Balaban J connectivity index is 1.62. The lowest BCUT2D eigenvalue weighted by atomic mass is 10.1. The van der Waals surface area contributed by atoms with E-state index in [2.05, 4.69) is 10.0 Å². The number of ether oxygens (including phenoxy) is 1. The highest BCUT2D eigenvalue weighted by Gasteiger charge is 2.28. The van der Waals surface area contributed by atoms with Gasteiger partial charge in [-0.2, -0.15) is 12.7 Å². The van der Waals surface area contributed by atoms with Crippen molar-refractivity contribution in [2.45, 2.75) is 57.6 Å². The van der Waals surface area contributed by atoms with Crippen LogP contribution in [0.15, 0.2) is 0 Å². The summed E-state index contributed by atoms with van der Waals surface area (Å²) >= 11 is 0. The number of nitrogens with one attached hydrogen (secondary N) is 2. The molecule has 0 bridgehead atoms. The molecule has 2 saturated heterocycles. The predicted octanol–water partition coefficient (Wildman–Crippen LogP) is 0.854. The summed E-state index contributed by atoms with van der Waals surface area (Å²) in [6.45, 7) is 5.74. The summed E-state index contributed by atoms with van der Waals surface area (Å²) < 4.78 is 34.5. The quantitative estimate of drug-likeness (QED) is 0.683. The molecule has 0 radical (unpaired) electrons. The van der Waals surface area contributed by atoms with Gasteiger partial charge < -0.3 is 10.1 Å². The van der Waals surface area contributed by atoms with Crippen LogP contribution in [0.5, 0.6) is 0 Å². The van der Waals surface area contributed by atoms with Crippen LogP contribution in [0.3, 0.4) is 0 Å². The van der Waals surface area contributed by atoms with E-state index >= 15 is 0 Å². The Morgan fingerprint density at radius 1 is 1.24 bits per heavy atom. The second-order valence-corrected chi connectivity index (χ2v) is 7.74. The van der Waals surface area contributed by atoms with E-state index in [1.807, 2.05) is 6.92 Å². The van der Waals surface area contributed by atoms with Gasteiger partial charge in [-0.05, 0) is 52.1 Å². The Hall–Kier alpha value is -0.210. The van der Waals surface area contributed by atoms with E-state index in [0.29, 0.717) is 25.8 Å². The highest BCUT2D eigenvalue weighted by atomic mass is 32.2. The molecule has 21 heavy (non-hydrogen) atoms. The van der Waals surface area contributed by atoms with Crippen LogP contribution < -0.4 is 10.0 Å². The van der Waals surface area contributed by atoms with Crippen molar-refractivity contribution in [1.29, 1.82) is 0 Å². The average molecular weight is 319 g/mol. The molecule has 2 aliphatic rings. The van der Waals surface area contributed by atoms with E-state index in [1.54, 1.807) is 4.31 Å². The van der Waals surface area contributed by atoms with Crippen molar-refractivity contribution in [2.75, 3.05) is 32.8 Å². The van der Waals surface area contributed by atoms with Gasteiger partial charge in [0.2, 0.25) is 0 Å². The van der Waals surface area contributed by atoms with Crippen molar-refractivity contribution in [3.8, 4) is 0 Å². The smallest absolute Gasteiger partial charge is 0.279 e. The van der Waals surface area contributed by atoms with Crippen molar-refractivity contribution < 1.29 is 13.2 Å². The minimum absolute atomic E-state index is 0.113. The Labute approximate surface area is 128 Å². The van der Waals surface area contributed by atoms with Crippen LogP contribution in [0.2, 0.25) is 0 Å². The molecule has 0 aromatic carbocycles. The maximum Gasteiger partial charge on any atom is 0.279 e. The maximum absolute atomic E-state index is 12.2. The molecule has 0 spiro atoms. The topological polar surface area (TPSA) is 70.7 Å². The summed E-state index contributed by atoms with van der Waals surface area (Å²) in [5.41, 5.74) is 0. The van der Waals surface area contributed by atoms with Crippen molar-refractivity contribution >= 4 is 10.2 Å². The summed E-state index contributed by atoms with van der Waals surface area (Å²) in [7, 11) is -3.32. The third-order valence-corrected chi connectivity index (χ3v) is 6.02. The minimum atomic E-state index is -3.32. The Kier molecular flexibility index (Phi) is 6.88. The third-order valence-electron chi connectivity index (χ3n) is 4.30. The van der Waals surface area contributed by atoms with Gasteiger partial charge in [-0.3, -0.25) is 0 Å². The average Bonchev–Trinajstić information content (AvgIpc) is 2.48. The summed E-state index contributed by atoms with van der Waals surface area (Å²) in [5, 5.41) is 3.30. The zero-order chi connectivity index (χ0) is 15.1. The molecule has 2 heterocycles. The summed E-state index contributed by atoms with van der Waals surface area (Å²) in [4.78, 5) is 0. The van der Waals surface area contributed by atoms with Crippen molar-refractivity contribution in [2.24, 2.45) is 0 Å². The summed E-state index contributed by atoms with van der Waals surface area (Å²) in [6, 6.07) is 0.113. The van der Waals surface area contributed by atoms with Gasteiger partial charge in [-0.25, -0.2) is 4.72 Å². The molecule has 6 nitrogen and oxygen atoms in total. The first-order valence-electron chi connectivity index (χ1n) is 8.18. The number of nitrogens with zero attached hydrogens (tertiary/aromatic N) is 1. The van der Waals surface area contributed by atoms with Gasteiger partial charge in [0.05, 0.1) is 6.10 Å². The standard InChI is InChI=1S/C14H29N3O3S/c1-13-5-2-3-11-17(13)21(18,19)16-8-4-12-20-14-6-9-15-10-7-14/h13-16H,2-12H2,1H3. The zero-order valence-corrected chi connectivity index (χ0v) is 13.8. The van der Waals surface area contributed by atoms with Gasteiger partial charge in [0.15, 0.2) is 0 Å². The van der Waals surface area contributed by atoms with Gasteiger partial charge in [0.25, 0.3) is 10.2 Å². The molecule has 1 unspecified atom stereocenters. The first-order chi connectivity index (χ1) is 10.1. The highest BCUT2D eigenvalue weighted by molar-refractivity contribution is 7.87. The summed E-state index contributed by atoms with van der Waals surface area (Å²) in [5.74, 6) is 0. The monoisotopic (exact) mass is 319 g/mol. The van der Waals surface area contributed by atoms with E-state index in [9.17, 15) is 8.42 Å². The minimum Gasteiger partial charge on any atom is -0.378 e. The Morgan fingerprint density at radius 3 is 2.71 bits per heavy atom. The van der Waals surface area contributed by atoms with Crippen molar-refractivity contribution in [3.05, 3.63) is 0 Å². The Morgan fingerprint density at radius 2 is 2.00 bits per heavy atom. The molecule has 0 saturated carbocycles. The molecule has 2 fully saturated rings. The molecule has 7 heteroatoms. The second kappa shape index (κ2) is 8.43. The first kappa shape index (κ1) is 17.1. The molecule has 0 aromatic heterocycles. The zero-order valence-electron chi connectivity index (χ0n) is 13.0. The summed E-state index contributed by atoms with van der Waals surface area (Å²) in [6.07, 6.45) is 6.21. The molecule has 124 valence electrons. The fourth-order valence-electron chi connectivity index (χ4n) is 3.00. The third kappa shape index (κ3) is 5.49. The van der Waals surface area contributed by atoms with Gasteiger partial charge >= 0.3 is 0 Å². The fraction of sp³-hybridized carbons (Fsp3) is 1.00. The van der Waals surface area contributed by atoms with Crippen molar-refractivity contribution in [3.63, 3.8) is 0 Å². The van der Waals surface area contributed by atoms with Gasteiger partial charge in [0, 0.05) is 25.7 Å². The molecule has 0 amide bonds. The number of rotatable bonds is 7. The van der Waals surface area contributed by atoms with E-state index in [0.717, 1.165) is 51.6 Å². The number of hydrogen-bond donors (Lipinski definition) is 2. The van der Waals surface area contributed by atoms with Crippen LogP contribution in [0.1, 0.15) is 45.4 Å². The van der Waals surface area contributed by atoms with Gasteiger partial charge in [-0.15, -0.1) is 0 Å². The van der Waals surface area contributed by atoms with E-state index in [4.69, 9.17) is 4.74 Å². The molecule has 2 aliphatic heterocycles. The lowest BCUT2D eigenvalue weighted by Crippen LogP contribution is -2.48. The molecular formula is C14H29N3O3S. The predicted molar refractivity (Wildman–Crippen MR) is 83.4 cm³/mol. The second-order valence-electron chi connectivity index (χ2n) is 6.03. The molecule has 0 aliphatic carbocycles. The number of hydrogen-bond acceptors (Lipinski definition) is 4. The SMILES string of the molecule is CC1CCCCN1S(=O)(=O)NCCCOC1CCNCC1. The normalized spacial score (nSPS) is 26.0. The van der Waals surface area contributed by atoms with Gasteiger partial charge in [0.1, 0.15) is 0 Å². The van der Waals surface area contributed by atoms with E-state index in [1.165, 1.54) is 0 Å². The Bertz CT molecular complexity index is 396. The van der Waals surface area contributed by atoms with Crippen LogP contribution in [-0.2, 0) is 14.9 Å². The molecule has 0 aromatic rings. The maximum atomic E-state index is 12.2. The number of piperidine rings is 2. The molecule has 2 N–H and O–H groups in total. The molecule has 2 rings (SSSR count). The van der Waals surface area contributed by atoms with Crippen LogP contribution >= 0.6 is 0 Å². The first-order valence-corrected chi connectivity index (χ1v) is 9.62. The van der Waals surface area contributed by atoms with Crippen LogP contribution in [0.25, 0.3) is 0 Å². The van der Waals surface area contributed by atoms with Crippen LogP contribution in [-0.4, -0.2) is 57.7 Å². The van der Waals surface area contributed by atoms with Crippen LogP contribution in [0.4, 0.5) is 0 Å². The molecular weight excluding hydrogens is 290 g/mol. The lowest BCUT2D eigenvalue weighted by Gasteiger charge is -2.32. The van der Waals surface area contributed by atoms with Gasteiger partial charge in [-0.1, -0.05) is 6.42 Å². The largest absolute Gasteiger partial charge is 0.378 e. The molecule has 1 atom stereocenters. The lowest BCUT2D eigenvalue weighted by molar-refractivity contribution is 0.0322. The van der Waals surface area contributed by atoms with Crippen LogP contribution in [0, 0.1) is 0 Å². The highest BCUT2D eigenvalue weighted by Crippen LogP contribution is 2.18. The van der Waals surface area contributed by atoms with Crippen molar-refractivity contribution in [1.82, 2.24) is 14.3 Å². The fourth-order valence-corrected chi connectivity index (χ4v) is 4.51. The van der Waals surface area contributed by atoms with E-state index in [-0.39, 0.29) is 6.04 Å².